The maximum absolute atomic E-state index is 5.45. The van der Waals surface area contributed by atoms with Gasteiger partial charge < -0.3 is 10.1 Å². The van der Waals surface area contributed by atoms with Crippen molar-refractivity contribution < 1.29 is 4.74 Å². The Morgan fingerprint density at radius 1 is 1.38 bits per heavy atom. The van der Waals surface area contributed by atoms with Gasteiger partial charge in [0.1, 0.15) is 5.82 Å². The number of aryl methyl sites for hydroxylation is 1. The lowest BCUT2D eigenvalue weighted by Gasteiger charge is -2.09. The van der Waals surface area contributed by atoms with Gasteiger partial charge in [0.2, 0.25) is 0 Å². The van der Waals surface area contributed by atoms with E-state index in [1.807, 2.05) is 32.0 Å². The fraction of sp³-hybridized carbons (Fsp3) is 0.312. The Bertz CT molecular complexity index is 598. The molecule has 0 saturated carbocycles. The van der Waals surface area contributed by atoms with Gasteiger partial charge in [-0.1, -0.05) is 12.2 Å². The molecule has 0 atom stereocenters. The summed E-state index contributed by atoms with van der Waals surface area (Å²) < 4.78 is 5.45. The Morgan fingerprint density at radius 3 is 2.95 bits per heavy atom. The molecule has 0 aliphatic heterocycles. The van der Waals surface area contributed by atoms with Gasteiger partial charge in [0.25, 0.3) is 0 Å². The third-order valence-corrected chi connectivity index (χ3v) is 2.67. The molecule has 2 heterocycles. The molecular weight excluding hydrogens is 264 g/mol. The van der Waals surface area contributed by atoms with Crippen LogP contribution >= 0.6 is 0 Å². The molecule has 2 rings (SSSR count). The summed E-state index contributed by atoms with van der Waals surface area (Å²) in [6.45, 7) is 9.58. The van der Waals surface area contributed by atoms with Crippen LogP contribution in [0.25, 0.3) is 11.4 Å². The van der Waals surface area contributed by atoms with Crippen molar-refractivity contribution in [3.63, 3.8) is 0 Å². The fourth-order valence-corrected chi connectivity index (χ4v) is 1.78. The molecule has 0 amide bonds. The molecule has 2 aromatic heterocycles. The van der Waals surface area contributed by atoms with Crippen molar-refractivity contribution in [2.45, 2.75) is 13.8 Å². The third kappa shape index (κ3) is 4.96. The molecule has 0 aromatic carbocycles. The number of nitrogens with zero attached hydrogens (tertiary/aromatic N) is 3. The van der Waals surface area contributed by atoms with E-state index in [-0.39, 0.29) is 0 Å². The van der Waals surface area contributed by atoms with Crippen LogP contribution < -0.4 is 5.32 Å². The minimum Gasteiger partial charge on any atom is -0.375 e. The molecule has 2 aromatic rings. The van der Waals surface area contributed by atoms with E-state index in [0.29, 0.717) is 25.6 Å². The molecule has 21 heavy (non-hydrogen) atoms. The normalized spacial score (nSPS) is 10.4. The first kappa shape index (κ1) is 15.1. The Balaban J connectivity index is 1.98. The number of rotatable bonds is 7. The van der Waals surface area contributed by atoms with Crippen LogP contribution in [0.5, 0.6) is 0 Å². The predicted octanol–water partition coefficient (Wildman–Crippen LogP) is 2.85. The first-order valence-corrected chi connectivity index (χ1v) is 6.87. The van der Waals surface area contributed by atoms with Gasteiger partial charge in [-0.05, 0) is 26.0 Å². The van der Waals surface area contributed by atoms with Crippen LogP contribution in [-0.4, -0.2) is 34.7 Å². The van der Waals surface area contributed by atoms with Gasteiger partial charge in [0.05, 0.1) is 13.2 Å². The summed E-state index contributed by atoms with van der Waals surface area (Å²) in [6, 6.07) is 5.74. The Kier molecular flexibility index (Phi) is 5.40. The van der Waals surface area contributed by atoms with Crippen LogP contribution in [0.1, 0.15) is 12.6 Å². The van der Waals surface area contributed by atoms with Crippen LogP contribution in [0, 0.1) is 6.92 Å². The van der Waals surface area contributed by atoms with Crippen molar-refractivity contribution in [2.75, 3.05) is 25.1 Å². The number of aromatic nitrogens is 3. The molecule has 0 aliphatic rings. The van der Waals surface area contributed by atoms with Gasteiger partial charge >= 0.3 is 0 Å². The van der Waals surface area contributed by atoms with Crippen LogP contribution in [-0.2, 0) is 4.74 Å². The number of nitrogens with one attached hydrogen (secondary N) is 1. The SMILES string of the molecule is C=C(C)COCCNc1cc(C)nc(-c2cccnc2)n1. The number of hydrogen-bond donors (Lipinski definition) is 1. The number of pyridine rings is 1. The summed E-state index contributed by atoms with van der Waals surface area (Å²) in [6.07, 6.45) is 3.49. The second-order valence-electron chi connectivity index (χ2n) is 4.90. The highest BCUT2D eigenvalue weighted by atomic mass is 16.5. The molecule has 0 radical (unpaired) electrons. The standard InChI is InChI=1S/C16H20N4O/c1-12(2)11-21-8-7-18-15-9-13(3)19-16(20-15)14-5-4-6-17-10-14/h4-6,9-10H,1,7-8,11H2,2-3H3,(H,18,19,20). The summed E-state index contributed by atoms with van der Waals surface area (Å²) in [5.74, 6) is 1.47. The van der Waals surface area contributed by atoms with Crippen LogP contribution in [0.3, 0.4) is 0 Å². The van der Waals surface area contributed by atoms with Gasteiger partial charge in [-0.3, -0.25) is 4.98 Å². The van der Waals surface area contributed by atoms with E-state index in [1.165, 1.54) is 0 Å². The summed E-state index contributed by atoms with van der Waals surface area (Å²) in [5, 5.41) is 3.24. The molecule has 0 aliphatic carbocycles. The third-order valence-electron chi connectivity index (χ3n) is 2.67. The van der Waals surface area contributed by atoms with E-state index in [9.17, 15) is 0 Å². The first-order valence-electron chi connectivity index (χ1n) is 6.87. The maximum atomic E-state index is 5.45. The minimum atomic E-state index is 0.589. The lowest BCUT2D eigenvalue weighted by molar-refractivity contribution is 0.167. The van der Waals surface area contributed by atoms with E-state index in [0.717, 1.165) is 22.6 Å². The molecule has 1 N–H and O–H groups in total. The molecule has 0 unspecified atom stereocenters. The van der Waals surface area contributed by atoms with Crippen molar-refractivity contribution >= 4 is 5.82 Å². The summed E-state index contributed by atoms with van der Waals surface area (Å²) in [7, 11) is 0. The Hall–Kier alpha value is -2.27. The van der Waals surface area contributed by atoms with E-state index in [2.05, 4.69) is 26.8 Å². The number of anilines is 1. The van der Waals surface area contributed by atoms with Crippen molar-refractivity contribution in [2.24, 2.45) is 0 Å². The van der Waals surface area contributed by atoms with E-state index in [1.54, 1.807) is 12.4 Å². The fourth-order valence-electron chi connectivity index (χ4n) is 1.78. The van der Waals surface area contributed by atoms with E-state index in [4.69, 9.17) is 4.74 Å². The lowest BCUT2D eigenvalue weighted by Crippen LogP contribution is -2.12. The first-order chi connectivity index (χ1) is 10.1. The van der Waals surface area contributed by atoms with Crippen molar-refractivity contribution in [3.8, 4) is 11.4 Å². The Morgan fingerprint density at radius 2 is 2.24 bits per heavy atom. The topological polar surface area (TPSA) is 59.9 Å². The highest BCUT2D eigenvalue weighted by Crippen LogP contribution is 2.16. The zero-order valence-corrected chi connectivity index (χ0v) is 12.5. The predicted molar refractivity (Wildman–Crippen MR) is 84.1 cm³/mol. The minimum absolute atomic E-state index is 0.589. The molecule has 5 heteroatoms. The van der Waals surface area contributed by atoms with Gasteiger partial charge in [-0.25, -0.2) is 9.97 Å². The zero-order chi connectivity index (χ0) is 15.1. The maximum Gasteiger partial charge on any atom is 0.163 e. The van der Waals surface area contributed by atoms with Crippen LogP contribution in [0.15, 0.2) is 42.7 Å². The summed E-state index contributed by atoms with van der Waals surface area (Å²) in [4.78, 5) is 13.0. The smallest absolute Gasteiger partial charge is 0.163 e. The second kappa shape index (κ2) is 7.50. The Labute approximate surface area is 125 Å². The van der Waals surface area contributed by atoms with Gasteiger partial charge in [-0.15, -0.1) is 0 Å². The molecule has 110 valence electrons. The second-order valence-corrected chi connectivity index (χ2v) is 4.90. The molecule has 0 bridgehead atoms. The highest BCUT2D eigenvalue weighted by Gasteiger charge is 2.04. The lowest BCUT2D eigenvalue weighted by atomic mass is 10.2. The molecule has 0 saturated heterocycles. The van der Waals surface area contributed by atoms with Crippen molar-refractivity contribution in [1.82, 2.24) is 15.0 Å². The average molecular weight is 284 g/mol. The highest BCUT2D eigenvalue weighted by molar-refractivity contribution is 5.56. The quantitative estimate of drug-likeness (QED) is 0.626. The van der Waals surface area contributed by atoms with E-state index >= 15 is 0 Å². The zero-order valence-electron chi connectivity index (χ0n) is 12.5. The largest absolute Gasteiger partial charge is 0.375 e. The average Bonchev–Trinajstić information content (AvgIpc) is 2.47. The number of hydrogen-bond acceptors (Lipinski definition) is 5. The van der Waals surface area contributed by atoms with Crippen LogP contribution in [0.4, 0.5) is 5.82 Å². The number of ether oxygens (including phenoxy) is 1. The molecule has 0 fully saturated rings. The molecular formula is C16H20N4O. The van der Waals surface area contributed by atoms with Gasteiger partial charge in [0.15, 0.2) is 5.82 Å². The molecule has 5 nitrogen and oxygen atoms in total. The van der Waals surface area contributed by atoms with Crippen LogP contribution in [0.2, 0.25) is 0 Å². The summed E-state index contributed by atoms with van der Waals surface area (Å²) in [5.41, 5.74) is 2.84. The summed E-state index contributed by atoms with van der Waals surface area (Å²) >= 11 is 0. The van der Waals surface area contributed by atoms with Crippen molar-refractivity contribution in [1.29, 1.82) is 0 Å². The monoisotopic (exact) mass is 284 g/mol. The van der Waals surface area contributed by atoms with Gasteiger partial charge in [0, 0.05) is 36.3 Å². The molecule has 0 spiro atoms. The van der Waals surface area contributed by atoms with Gasteiger partial charge in [-0.2, -0.15) is 0 Å². The van der Waals surface area contributed by atoms with E-state index < -0.39 is 0 Å². The van der Waals surface area contributed by atoms with Crippen molar-refractivity contribution in [3.05, 3.63) is 48.4 Å².